The van der Waals surface area contributed by atoms with E-state index in [0.717, 1.165) is 0 Å². The van der Waals surface area contributed by atoms with Gasteiger partial charge in [0.05, 0.1) is 11.5 Å². The minimum absolute atomic E-state index is 0.0554. The summed E-state index contributed by atoms with van der Waals surface area (Å²) in [5.74, 6) is -0.340. The second-order valence-corrected chi connectivity index (χ2v) is 4.05. The normalized spacial score (nSPS) is 10.1. The summed E-state index contributed by atoms with van der Waals surface area (Å²) >= 11 is 0. The first-order valence-corrected chi connectivity index (χ1v) is 6.15. The van der Waals surface area contributed by atoms with E-state index in [1.807, 2.05) is 6.92 Å². The third-order valence-electron chi connectivity index (χ3n) is 2.76. The largest absolute Gasteiger partial charge is 0.465 e. The molecule has 1 aromatic carbocycles. The van der Waals surface area contributed by atoms with Crippen molar-refractivity contribution >= 4 is 17.3 Å². The molecule has 0 saturated carbocycles. The van der Waals surface area contributed by atoms with Crippen molar-refractivity contribution in [3.8, 4) is 0 Å². The zero-order chi connectivity index (χ0) is 14.4. The number of ether oxygens (including phenoxy) is 1. The molecule has 0 spiro atoms. The molecule has 1 rings (SSSR count). The predicted octanol–water partition coefficient (Wildman–Crippen LogP) is 2.29. The zero-order valence-corrected chi connectivity index (χ0v) is 11.4. The van der Waals surface area contributed by atoms with E-state index in [4.69, 9.17) is 4.74 Å². The third kappa shape index (κ3) is 3.94. The van der Waals surface area contributed by atoms with Crippen LogP contribution in [0.1, 0.15) is 19.4 Å². The molecule has 0 heterocycles. The lowest BCUT2D eigenvalue weighted by Gasteiger charge is -2.21. The molecule has 19 heavy (non-hydrogen) atoms. The maximum Gasteiger partial charge on any atom is 0.325 e. The van der Waals surface area contributed by atoms with E-state index >= 15 is 0 Å². The number of esters is 1. The number of aryl methyl sites for hydroxylation is 1. The van der Waals surface area contributed by atoms with Crippen LogP contribution < -0.4 is 4.90 Å². The van der Waals surface area contributed by atoms with Gasteiger partial charge in [0.1, 0.15) is 6.54 Å². The van der Waals surface area contributed by atoms with Gasteiger partial charge in [0, 0.05) is 23.9 Å². The van der Waals surface area contributed by atoms with Gasteiger partial charge in [-0.3, -0.25) is 14.9 Å². The quantitative estimate of drug-likeness (QED) is 0.448. The van der Waals surface area contributed by atoms with Gasteiger partial charge in [-0.15, -0.1) is 0 Å². The summed E-state index contributed by atoms with van der Waals surface area (Å²) < 4.78 is 4.88. The second kappa shape index (κ2) is 6.72. The molecule has 0 saturated heterocycles. The zero-order valence-electron chi connectivity index (χ0n) is 11.4. The summed E-state index contributed by atoms with van der Waals surface area (Å²) in [5.41, 5.74) is 1.30. The minimum atomic E-state index is -0.420. The topological polar surface area (TPSA) is 72.7 Å². The van der Waals surface area contributed by atoms with Gasteiger partial charge in [-0.25, -0.2) is 0 Å². The van der Waals surface area contributed by atoms with Gasteiger partial charge in [0.15, 0.2) is 0 Å². The Hall–Kier alpha value is -2.11. The van der Waals surface area contributed by atoms with Gasteiger partial charge in [-0.2, -0.15) is 0 Å². The maximum absolute atomic E-state index is 11.5. The van der Waals surface area contributed by atoms with Crippen LogP contribution in [-0.2, 0) is 9.53 Å². The monoisotopic (exact) mass is 266 g/mol. The van der Waals surface area contributed by atoms with E-state index in [0.29, 0.717) is 24.4 Å². The lowest BCUT2D eigenvalue weighted by molar-refractivity contribution is -0.385. The number of benzene rings is 1. The molecule has 0 unspecified atom stereocenters. The Morgan fingerprint density at radius 2 is 2.11 bits per heavy atom. The third-order valence-corrected chi connectivity index (χ3v) is 2.76. The molecule has 6 heteroatoms. The van der Waals surface area contributed by atoms with Crippen LogP contribution >= 0.6 is 0 Å². The molecule has 0 radical (unpaired) electrons. The van der Waals surface area contributed by atoms with Crippen molar-refractivity contribution in [3.63, 3.8) is 0 Å². The maximum atomic E-state index is 11.5. The number of carbonyl (C=O) groups is 1. The van der Waals surface area contributed by atoms with Crippen LogP contribution in [0.25, 0.3) is 0 Å². The Morgan fingerprint density at radius 1 is 1.42 bits per heavy atom. The van der Waals surface area contributed by atoms with Crippen molar-refractivity contribution in [2.75, 3.05) is 24.6 Å². The summed E-state index contributed by atoms with van der Waals surface area (Å²) in [7, 11) is 0. The molecule has 0 aliphatic carbocycles. The fourth-order valence-corrected chi connectivity index (χ4v) is 1.74. The predicted molar refractivity (Wildman–Crippen MR) is 72.4 cm³/mol. The van der Waals surface area contributed by atoms with Crippen molar-refractivity contribution in [3.05, 3.63) is 33.9 Å². The van der Waals surface area contributed by atoms with Crippen molar-refractivity contribution in [1.29, 1.82) is 0 Å². The summed E-state index contributed by atoms with van der Waals surface area (Å²) in [6.07, 6.45) is 0. The van der Waals surface area contributed by atoms with E-state index in [9.17, 15) is 14.9 Å². The highest BCUT2D eigenvalue weighted by Gasteiger charge is 2.16. The lowest BCUT2D eigenvalue weighted by atomic mass is 10.1. The van der Waals surface area contributed by atoms with Gasteiger partial charge >= 0.3 is 5.97 Å². The molecule has 1 aromatic rings. The Balaban J connectivity index is 2.95. The Morgan fingerprint density at radius 3 is 2.63 bits per heavy atom. The molecule has 0 N–H and O–H groups in total. The molecule has 0 aliphatic heterocycles. The Labute approximate surface area is 112 Å². The molecule has 0 aliphatic rings. The fourth-order valence-electron chi connectivity index (χ4n) is 1.74. The number of nitrogens with zero attached hydrogens (tertiary/aromatic N) is 2. The van der Waals surface area contributed by atoms with E-state index in [2.05, 4.69) is 0 Å². The van der Waals surface area contributed by atoms with Gasteiger partial charge in [0.2, 0.25) is 0 Å². The molecular formula is C13H18N2O4. The number of hydrogen-bond acceptors (Lipinski definition) is 5. The van der Waals surface area contributed by atoms with Crippen molar-refractivity contribution in [2.24, 2.45) is 0 Å². The van der Waals surface area contributed by atoms with Crippen molar-refractivity contribution in [1.82, 2.24) is 0 Å². The highest BCUT2D eigenvalue weighted by Crippen LogP contribution is 2.24. The number of nitro groups is 1. The Kier molecular flexibility index (Phi) is 5.29. The molecule has 0 aromatic heterocycles. The smallest absolute Gasteiger partial charge is 0.325 e. The Bertz CT molecular complexity index is 474. The lowest BCUT2D eigenvalue weighted by Crippen LogP contribution is -2.30. The highest BCUT2D eigenvalue weighted by atomic mass is 16.6. The SMILES string of the molecule is CCOC(=O)CN(CC)c1ccc(C)c([N+](=O)[O-])c1. The van der Waals surface area contributed by atoms with Crippen LogP contribution in [0.3, 0.4) is 0 Å². The number of hydrogen-bond donors (Lipinski definition) is 0. The average Bonchev–Trinajstić information content (AvgIpc) is 2.36. The number of carbonyl (C=O) groups excluding carboxylic acids is 1. The number of rotatable bonds is 6. The van der Waals surface area contributed by atoms with E-state index in [1.165, 1.54) is 6.07 Å². The van der Waals surface area contributed by atoms with Gasteiger partial charge in [0.25, 0.3) is 5.69 Å². The number of nitro benzene ring substituents is 1. The molecule has 0 fully saturated rings. The molecule has 0 atom stereocenters. The van der Waals surface area contributed by atoms with Crippen LogP contribution in [0.4, 0.5) is 11.4 Å². The van der Waals surface area contributed by atoms with Crippen molar-refractivity contribution in [2.45, 2.75) is 20.8 Å². The molecular weight excluding hydrogens is 248 g/mol. The van der Waals surface area contributed by atoms with Gasteiger partial charge < -0.3 is 9.64 Å². The molecule has 0 amide bonds. The first kappa shape index (κ1) is 14.9. The van der Waals surface area contributed by atoms with E-state index < -0.39 is 4.92 Å². The van der Waals surface area contributed by atoms with Gasteiger partial charge in [-0.05, 0) is 26.8 Å². The first-order chi connectivity index (χ1) is 8.99. The second-order valence-electron chi connectivity index (χ2n) is 4.05. The van der Waals surface area contributed by atoms with Crippen LogP contribution in [-0.4, -0.2) is 30.6 Å². The standard InChI is InChI=1S/C13H18N2O4/c1-4-14(9-13(16)19-5-2)11-7-6-10(3)12(8-11)15(17)18/h6-8H,4-5,9H2,1-3H3. The van der Waals surface area contributed by atoms with Crippen LogP contribution in [0.15, 0.2) is 18.2 Å². The fraction of sp³-hybridized carbons (Fsp3) is 0.462. The minimum Gasteiger partial charge on any atom is -0.465 e. The number of anilines is 1. The summed E-state index contributed by atoms with van der Waals surface area (Å²) in [6.45, 7) is 6.29. The van der Waals surface area contributed by atoms with E-state index in [1.54, 1.807) is 30.9 Å². The highest BCUT2D eigenvalue weighted by molar-refractivity contribution is 5.76. The van der Waals surface area contributed by atoms with Crippen LogP contribution in [0.2, 0.25) is 0 Å². The first-order valence-electron chi connectivity index (χ1n) is 6.15. The average molecular weight is 266 g/mol. The number of likely N-dealkylation sites (N-methyl/N-ethyl adjacent to an activating group) is 1. The van der Waals surface area contributed by atoms with Crippen molar-refractivity contribution < 1.29 is 14.5 Å². The summed E-state index contributed by atoms with van der Waals surface area (Å²) in [6, 6.07) is 4.93. The van der Waals surface area contributed by atoms with Crippen LogP contribution in [0.5, 0.6) is 0 Å². The van der Waals surface area contributed by atoms with Crippen LogP contribution in [0, 0.1) is 17.0 Å². The van der Waals surface area contributed by atoms with Gasteiger partial charge in [-0.1, -0.05) is 6.07 Å². The summed E-state index contributed by atoms with van der Waals surface area (Å²) in [5, 5.41) is 10.9. The molecule has 6 nitrogen and oxygen atoms in total. The summed E-state index contributed by atoms with van der Waals surface area (Å²) in [4.78, 5) is 23.7. The molecule has 104 valence electrons. The molecule has 0 bridgehead atoms. The van der Waals surface area contributed by atoms with E-state index in [-0.39, 0.29) is 18.2 Å².